The maximum absolute atomic E-state index is 13.2. The lowest BCUT2D eigenvalue weighted by Crippen LogP contribution is -2.14. The van der Waals surface area contributed by atoms with Gasteiger partial charge in [-0.1, -0.05) is 24.3 Å². The van der Waals surface area contributed by atoms with Gasteiger partial charge in [-0.25, -0.2) is 4.39 Å². The number of amidine groups is 1. The molecule has 108 valence electrons. The van der Waals surface area contributed by atoms with Gasteiger partial charge in [-0.2, -0.15) is 0 Å². The Hall–Kier alpha value is -2.96. The van der Waals surface area contributed by atoms with Crippen LogP contribution in [0.25, 0.3) is 0 Å². The first-order valence-corrected chi connectivity index (χ1v) is 5.98. The van der Waals surface area contributed by atoms with Gasteiger partial charge in [0, 0.05) is 23.3 Å². The van der Waals surface area contributed by atoms with Crippen molar-refractivity contribution in [1.82, 2.24) is 0 Å². The number of ether oxygens (including phenoxy) is 1. The molecule has 3 N–H and O–H groups in total. The molecule has 0 bridgehead atoms. The van der Waals surface area contributed by atoms with E-state index in [2.05, 4.69) is 0 Å². The number of nitro benzene ring substituents is 1. The number of nitrogens with zero attached hydrogens (tertiary/aromatic N) is 1. The zero-order valence-corrected chi connectivity index (χ0v) is 10.9. The molecule has 21 heavy (non-hydrogen) atoms. The number of benzene rings is 2. The Morgan fingerprint density at radius 3 is 2.71 bits per heavy atom. The van der Waals surface area contributed by atoms with Crippen LogP contribution in [0.5, 0.6) is 5.75 Å². The molecule has 0 aliphatic heterocycles. The second kappa shape index (κ2) is 6.00. The van der Waals surface area contributed by atoms with Gasteiger partial charge in [-0.3, -0.25) is 15.5 Å². The largest absolute Gasteiger partial charge is 0.482 e. The molecule has 7 heteroatoms. The number of nitrogen functional groups attached to an aromatic ring is 1. The average molecular weight is 289 g/mol. The highest BCUT2D eigenvalue weighted by atomic mass is 19.1. The Bertz CT molecular complexity index is 704. The summed E-state index contributed by atoms with van der Waals surface area (Å²) in [5, 5.41) is 18.3. The highest BCUT2D eigenvalue weighted by Gasteiger charge is 2.16. The molecule has 0 aliphatic rings. The summed E-state index contributed by atoms with van der Waals surface area (Å²) in [6.45, 7) is -0.0555. The minimum atomic E-state index is -0.647. The van der Waals surface area contributed by atoms with Crippen molar-refractivity contribution in [2.24, 2.45) is 5.73 Å². The van der Waals surface area contributed by atoms with Gasteiger partial charge in [0.15, 0.2) is 5.75 Å². The molecule has 2 aromatic rings. The van der Waals surface area contributed by atoms with E-state index in [1.807, 2.05) is 0 Å². The van der Waals surface area contributed by atoms with Crippen LogP contribution < -0.4 is 10.5 Å². The van der Waals surface area contributed by atoms with Crippen molar-refractivity contribution in [2.75, 3.05) is 0 Å². The molecule has 0 saturated heterocycles. The van der Waals surface area contributed by atoms with Crippen LogP contribution in [0.15, 0.2) is 42.5 Å². The molecule has 0 spiro atoms. The van der Waals surface area contributed by atoms with Crippen LogP contribution in [0.2, 0.25) is 0 Å². The standard InChI is InChI=1S/C14H12FN3O3/c15-10-5-6-12(18(19)20)13(7-10)21-8-9-3-1-2-4-11(9)14(16)17/h1-7H,8H2,(H3,16,17). The Morgan fingerprint density at radius 1 is 1.33 bits per heavy atom. The lowest BCUT2D eigenvalue weighted by molar-refractivity contribution is -0.386. The number of hydrogen-bond acceptors (Lipinski definition) is 4. The summed E-state index contributed by atoms with van der Waals surface area (Å²) in [6.07, 6.45) is 0. The SMILES string of the molecule is N=C(N)c1ccccc1COc1cc(F)ccc1[N+](=O)[O-]. The van der Waals surface area contributed by atoms with Crippen LogP contribution in [-0.4, -0.2) is 10.8 Å². The summed E-state index contributed by atoms with van der Waals surface area (Å²) in [4.78, 5) is 10.2. The summed E-state index contributed by atoms with van der Waals surface area (Å²) >= 11 is 0. The van der Waals surface area contributed by atoms with E-state index in [9.17, 15) is 14.5 Å². The van der Waals surface area contributed by atoms with E-state index in [4.69, 9.17) is 15.9 Å². The first-order valence-electron chi connectivity index (χ1n) is 5.98. The molecule has 0 unspecified atom stereocenters. The summed E-state index contributed by atoms with van der Waals surface area (Å²) < 4.78 is 18.5. The summed E-state index contributed by atoms with van der Waals surface area (Å²) in [5.74, 6) is -0.934. The molecule has 0 atom stereocenters. The van der Waals surface area contributed by atoms with Crippen molar-refractivity contribution in [1.29, 1.82) is 5.41 Å². The average Bonchev–Trinajstić information content (AvgIpc) is 2.45. The van der Waals surface area contributed by atoms with Gasteiger partial charge in [-0.15, -0.1) is 0 Å². The van der Waals surface area contributed by atoms with E-state index in [1.54, 1.807) is 24.3 Å². The second-order valence-electron chi connectivity index (χ2n) is 4.23. The fourth-order valence-electron chi connectivity index (χ4n) is 1.82. The molecule has 2 rings (SSSR count). The lowest BCUT2D eigenvalue weighted by atomic mass is 10.1. The topological polar surface area (TPSA) is 102 Å². The molecule has 0 amide bonds. The highest BCUT2D eigenvalue weighted by molar-refractivity contribution is 5.96. The van der Waals surface area contributed by atoms with Gasteiger partial charge < -0.3 is 10.5 Å². The second-order valence-corrected chi connectivity index (χ2v) is 4.23. The summed E-state index contributed by atoms with van der Waals surface area (Å²) in [6, 6.07) is 9.75. The normalized spacial score (nSPS) is 10.1. The van der Waals surface area contributed by atoms with E-state index >= 15 is 0 Å². The Kier molecular flexibility index (Phi) is 4.13. The Balaban J connectivity index is 2.27. The quantitative estimate of drug-likeness (QED) is 0.382. The lowest BCUT2D eigenvalue weighted by Gasteiger charge is -2.10. The molecule has 0 saturated carbocycles. The van der Waals surface area contributed by atoms with Gasteiger partial charge in [0.1, 0.15) is 18.3 Å². The van der Waals surface area contributed by atoms with Crippen molar-refractivity contribution in [3.63, 3.8) is 0 Å². The van der Waals surface area contributed by atoms with Gasteiger partial charge >= 0.3 is 5.69 Å². The zero-order chi connectivity index (χ0) is 15.4. The minimum Gasteiger partial charge on any atom is -0.482 e. The molecule has 0 aromatic heterocycles. The smallest absolute Gasteiger partial charge is 0.311 e. The van der Waals surface area contributed by atoms with Crippen molar-refractivity contribution in [3.05, 3.63) is 69.5 Å². The van der Waals surface area contributed by atoms with Gasteiger partial charge in [0.25, 0.3) is 0 Å². The number of nitrogens with one attached hydrogen (secondary N) is 1. The number of nitrogens with two attached hydrogens (primary N) is 1. The molecule has 0 radical (unpaired) electrons. The fraction of sp³-hybridized carbons (Fsp3) is 0.0714. The maximum atomic E-state index is 13.2. The minimum absolute atomic E-state index is 0.0555. The van der Waals surface area contributed by atoms with Crippen LogP contribution in [-0.2, 0) is 6.61 Å². The van der Waals surface area contributed by atoms with E-state index in [1.165, 1.54) is 0 Å². The number of halogens is 1. The Labute approximate surface area is 119 Å². The van der Waals surface area contributed by atoms with Crippen molar-refractivity contribution >= 4 is 11.5 Å². The maximum Gasteiger partial charge on any atom is 0.311 e. The van der Waals surface area contributed by atoms with Gasteiger partial charge in [0.05, 0.1) is 4.92 Å². The van der Waals surface area contributed by atoms with Crippen LogP contribution in [0, 0.1) is 21.3 Å². The molecule has 2 aromatic carbocycles. The Morgan fingerprint density at radius 2 is 2.05 bits per heavy atom. The first kappa shape index (κ1) is 14.4. The summed E-state index contributed by atoms with van der Waals surface area (Å²) in [5.41, 5.74) is 6.18. The molecule has 0 heterocycles. The summed E-state index contributed by atoms with van der Waals surface area (Å²) in [7, 11) is 0. The third-order valence-electron chi connectivity index (χ3n) is 2.81. The molecule has 0 aliphatic carbocycles. The molecule has 0 fully saturated rings. The first-order chi connectivity index (χ1) is 9.99. The monoisotopic (exact) mass is 289 g/mol. The van der Waals surface area contributed by atoms with Crippen LogP contribution in [0.1, 0.15) is 11.1 Å². The molecular weight excluding hydrogens is 277 g/mol. The number of hydrogen-bond donors (Lipinski definition) is 2. The van der Waals surface area contributed by atoms with Crippen LogP contribution >= 0.6 is 0 Å². The van der Waals surface area contributed by atoms with E-state index in [0.717, 1.165) is 18.2 Å². The third kappa shape index (κ3) is 3.33. The highest BCUT2D eigenvalue weighted by Crippen LogP contribution is 2.28. The zero-order valence-electron chi connectivity index (χ0n) is 10.9. The molecular formula is C14H12FN3O3. The van der Waals surface area contributed by atoms with Crippen LogP contribution in [0.3, 0.4) is 0 Å². The molecule has 6 nitrogen and oxygen atoms in total. The van der Waals surface area contributed by atoms with E-state index in [0.29, 0.717) is 11.1 Å². The third-order valence-corrected chi connectivity index (χ3v) is 2.81. The number of rotatable bonds is 5. The van der Waals surface area contributed by atoms with Crippen molar-refractivity contribution in [2.45, 2.75) is 6.61 Å². The van der Waals surface area contributed by atoms with Gasteiger partial charge in [0.2, 0.25) is 0 Å². The van der Waals surface area contributed by atoms with Gasteiger partial charge in [-0.05, 0) is 6.07 Å². The van der Waals surface area contributed by atoms with Crippen molar-refractivity contribution in [3.8, 4) is 5.75 Å². The fourth-order valence-corrected chi connectivity index (χ4v) is 1.82. The van der Waals surface area contributed by atoms with Crippen LogP contribution in [0.4, 0.5) is 10.1 Å². The van der Waals surface area contributed by atoms with E-state index in [-0.39, 0.29) is 23.9 Å². The van der Waals surface area contributed by atoms with E-state index < -0.39 is 10.7 Å². The predicted octanol–water partition coefficient (Wildman–Crippen LogP) is 2.60. The van der Waals surface area contributed by atoms with Crippen molar-refractivity contribution < 1.29 is 14.1 Å². The predicted molar refractivity (Wildman–Crippen MR) is 74.8 cm³/mol. The number of nitro groups is 1.